The Hall–Kier alpha value is -0.860. The van der Waals surface area contributed by atoms with Gasteiger partial charge in [-0.05, 0) is 32.4 Å². The SMILES string of the molecule is CNC(C)CCCCCOCc1ccccc1. The van der Waals surface area contributed by atoms with Crippen LogP contribution >= 0.6 is 0 Å². The summed E-state index contributed by atoms with van der Waals surface area (Å²) in [6.07, 6.45) is 4.98. The van der Waals surface area contributed by atoms with Gasteiger partial charge < -0.3 is 10.1 Å². The van der Waals surface area contributed by atoms with Gasteiger partial charge in [0.2, 0.25) is 0 Å². The fraction of sp³-hybridized carbons (Fsp3) is 0.600. The maximum absolute atomic E-state index is 5.64. The number of benzene rings is 1. The molecule has 1 rings (SSSR count). The molecule has 2 nitrogen and oxygen atoms in total. The number of rotatable bonds is 9. The van der Waals surface area contributed by atoms with E-state index in [9.17, 15) is 0 Å². The minimum Gasteiger partial charge on any atom is -0.377 e. The van der Waals surface area contributed by atoms with E-state index in [2.05, 4.69) is 36.5 Å². The number of hydrogen-bond donors (Lipinski definition) is 1. The molecule has 2 heteroatoms. The van der Waals surface area contributed by atoms with Gasteiger partial charge in [0.05, 0.1) is 6.61 Å². The molecule has 0 fully saturated rings. The Kier molecular flexibility index (Phi) is 7.69. The van der Waals surface area contributed by atoms with Crippen LogP contribution in [0.25, 0.3) is 0 Å². The van der Waals surface area contributed by atoms with Crippen molar-refractivity contribution in [1.29, 1.82) is 0 Å². The molecular formula is C15H25NO. The van der Waals surface area contributed by atoms with E-state index in [4.69, 9.17) is 4.74 Å². The number of ether oxygens (including phenoxy) is 1. The van der Waals surface area contributed by atoms with Gasteiger partial charge in [0.1, 0.15) is 0 Å². The zero-order valence-corrected chi connectivity index (χ0v) is 11.1. The molecule has 0 bridgehead atoms. The normalized spacial score (nSPS) is 12.6. The quantitative estimate of drug-likeness (QED) is 0.663. The van der Waals surface area contributed by atoms with Gasteiger partial charge in [-0.1, -0.05) is 43.2 Å². The highest BCUT2D eigenvalue weighted by atomic mass is 16.5. The number of unbranched alkanes of at least 4 members (excludes halogenated alkanes) is 2. The molecule has 1 atom stereocenters. The molecule has 1 N–H and O–H groups in total. The first-order chi connectivity index (χ1) is 8.33. The Morgan fingerprint density at radius 2 is 1.88 bits per heavy atom. The predicted molar refractivity (Wildman–Crippen MR) is 73.1 cm³/mol. The smallest absolute Gasteiger partial charge is 0.0716 e. The summed E-state index contributed by atoms with van der Waals surface area (Å²) in [5.41, 5.74) is 1.26. The lowest BCUT2D eigenvalue weighted by molar-refractivity contribution is 0.116. The van der Waals surface area contributed by atoms with Crippen LogP contribution in [0.15, 0.2) is 30.3 Å². The van der Waals surface area contributed by atoms with E-state index >= 15 is 0 Å². The lowest BCUT2D eigenvalue weighted by atomic mass is 10.1. The third-order valence-corrected chi connectivity index (χ3v) is 3.03. The van der Waals surface area contributed by atoms with E-state index in [1.807, 2.05) is 13.1 Å². The summed E-state index contributed by atoms with van der Waals surface area (Å²) in [5.74, 6) is 0. The van der Waals surface area contributed by atoms with E-state index < -0.39 is 0 Å². The predicted octanol–water partition coefficient (Wildman–Crippen LogP) is 3.37. The van der Waals surface area contributed by atoms with Crippen molar-refractivity contribution in [3.05, 3.63) is 35.9 Å². The zero-order chi connectivity index (χ0) is 12.3. The van der Waals surface area contributed by atoms with E-state index in [1.54, 1.807) is 0 Å². The van der Waals surface area contributed by atoms with Crippen LogP contribution in [0.1, 0.15) is 38.2 Å². The molecule has 1 unspecified atom stereocenters. The number of hydrogen-bond acceptors (Lipinski definition) is 2. The molecule has 0 aliphatic carbocycles. The van der Waals surface area contributed by atoms with Crippen molar-refractivity contribution < 1.29 is 4.74 Å². The largest absolute Gasteiger partial charge is 0.377 e. The van der Waals surface area contributed by atoms with E-state index in [-0.39, 0.29) is 0 Å². The molecular weight excluding hydrogens is 210 g/mol. The molecule has 0 radical (unpaired) electrons. The van der Waals surface area contributed by atoms with Gasteiger partial charge in [0.15, 0.2) is 0 Å². The monoisotopic (exact) mass is 235 g/mol. The summed E-state index contributed by atoms with van der Waals surface area (Å²) in [7, 11) is 2.02. The van der Waals surface area contributed by atoms with Crippen LogP contribution in [0.3, 0.4) is 0 Å². The van der Waals surface area contributed by atoms with Crippen molar-refractivity contribution in [2.24, 2.45) is 0 Å². The molecule has 0 saturated heterocycles. The molecule has 0 amide bonds. The van der Waals surface area contributed by atoms with Gasteiger partial charge in [-0.3, -0.25) is 0 Å². The lowest BCUT2D eigenvalue weighted by Gasteiger charge is -2.09. The first-order valence-corrected chi connectivity index (χ1v) is 6.62. The molecule has 0 heterocycles. The van der Waals surface area contributed by atoms with Gasteiger partial charge in [-0.2, -0.15) is 0 Å². The van der Waals surface area contributed by atoms with Crippen LogP contribution in [-0.4, -0.2) is 19.7 Å². The van der Waals surface area contributed by atoms with E-state index in [0.29, 0.717) is 6.04 Å². The van der Waals surface area contributed by atoms with Crippen LogP contribution in [-0.2, 0) is 11.3 Å². The lowest BCUT2D eigenvalue weighted by Crippen LogP contribution is -2.20. The second kappa shape index (κ2) is 9.20. The van der Waals surface area contributed by atoms with Crippen molar-refractivity contribution in [2.75, 3.05) is 13.7 Å². The van der Waals surface area contributed by atoms with E-state index in [0.717, 1.165) is 13.2 Å². The first kappa shape index (κ1) is 14.2. The number of nitrogens with one attached hydrogen (secondary N) is 1. The highest BCUT2D eigenvalue weighted by molar-refractivity contribution is 5.13. The molecule has 0 aromatic heterocycles. The second-order valence-corrected chi connectivity index (χ2v) is 4.58. The average molecular weight is 235 g/mol. The standard InChI is InChI=1S/C15H25NO/c1-14(16-2)9-5-4-8-12-17-13-15-10-6-3-7-11-15/h3,6-7,10-11,14,16H,4-5,8-9,12-13H2,1-2H3. The summed E-state index contributed by atoms with van der Waals surface area (Å²) in [6.45, 7) is 3.85. The van der Waals surface area contributed by atoms with Crippen molar-refractivity contribution in [1.82, 2.24) is 5.32 Å². The Bertz CT molecular complexity index is 274. The Morgan fingerprint density at radius 1 is 1.12 bits per heavy atom. The van der Waals surface area contributed by atoms with Gasteiger partial charge >= 0.3 is 0 Å². The maximum Gasteiger partial charge on any atom is 0.0716 e. The summed E-state index contributed by atoms with van der Waals surface area (Å²) in [5, 5.41) is 3.26. The van der Waals surface area contributed by atoms with Crippen LogP contribution in [0.4, 0.5) is 0 Å². The molecule has 1 aromatic rings. The molecule has 0 saturated carbocycles. The van der Waals surface area contributed by atoms with Gasteiger partial charge in [-0.15, -0.1) is 0 Å². The van der Waals surface area contributed by atoms with Crippen molar-refractivity contribution in [3.63, 3.8) is 0 Å². The van der Waals surface area contributed by atoms with Crippen molar-refractivity contribution >= 4 is 0 Å². The van der Waals surface area contributed by atoms with E-state index in [1.165, 1.54) is 31.2 Å². The van der Waals surface area contributed by atoms with Gasteiger partial charge in [0, 0.05) is 12.6 Å². The molecule has 0 aliphatic rings. The minimum atomic E-state index is 0.639. The van der Waals surface area contributed by atoms with Gasteiger partial charge in [0.25, 0.3) is 0 Å². The molecule has 96 valence electrons. The molecule has 0 aliphatic heterocycles. The summed E-state index contributed by atoms with van der Waals surface area (Å²) < 4.78 is 5.64. The second-order valence-electron chi connectivity index (χ2n) is 4.58. The average Bonchev–Trinajstić information content (AvgIpc) is 2.38. The van der Waals surface area contributed by atoms with Crippen LogP contribution in [0, 0.1) is 0 Å². The zero-order valence-electron chi connectivity index (χ0n) is 11.1. The van der Waals surface area contributed by atoms with Crippen LogP contribution < -0.4 is 5.32 Å². The first-order valence-electron chi connectivity index (χ1n) is 6.62. The van der Waals surface area contributed by atoms with Crippen LogP contribution in [0.2, 0.25) is 0 Å². The third kappa shape index (κ3) is 7.14. The summed E-state index contributed by atoms with van der Waals surface area (Å²) >= 11 is 0. The van der Waals surface area contributed by atoms with Crippen molar-refractivity contribution in [3.8, 4) is 0 Å². The van der Waals surface area contributed by atoms with Gasteiger partial charge in [-0.25, -0.2) is 0 Å². The Labute approximate surface area is 105 Å². The summed E-state index contributed by atoms with van der Waals surface area (Å²) in [6, 6.07) is 11.0. The fourth-order valence-electron chi connectivity index (χ4n) is 1.74. The molecule has 0 spiro atoms. The minimum absolute atomic E-state index is 0.639. The third-order valence-electron chi connectivity index (χ3n) is 3.03. The Morgan fingerprint density at radius 3 is 2.59 bits per heavy atom. The summed E-state index contributed by atoms with van der Waals surface area (Å²) in [4.78, 5) is 0. The molecule has 1 aromatic carbocycles. The van der Waals surface area contributed by atoms with Crippen LogP contribution in [0.5, 0.6) is 0 Å². The highest BCUT2D eigenvalue weighted by Crippen LogP contribution is 2.05. The Balaban J connectivity index is 1.91. The highest BCUT2D eigenvalue weighted by Gasteiger charge is 1.97. The molecule has 17 heavy (non-hydrogen) atoms. The topological polar surface area (TPSA) is 21.3 Å². The fourth-order valence-corrected chi connectivity index (χ4v) is 1.74. The maximum atomic E-state index is 5.64. The van der Waals surface area contributed by atoms with Crippen molar-refractivity contribution in [2.45, 2.75) is 45.3 Å².